The molecule has 2 aromatic rings. The van der Waals surface area contributed by atoms with E-state index in [0.29, 0.717) is 5.56 Å². The first-order chi connectivity index (χ1) is 11.2. The molecule has 0 aromatic carbocycles. The second-order valence-corrected chi connectivity index (χ2v) is 4.42. The minimum atomic E-state index is -2.44. The van der Waals surface area contributed by atoms with Gasteiger partial charge in [-0.05, 0) is 37.4 Å². The maximum Gasteiger partial charge on any atom is 0.214 e. The maximum atomic E-state index is 8.18. The average molecular weight is 248 g/mol. The highest BCUT2D eigenvalue weighted by atomic mass is 14.9. The number of nitrogens with zero attached hydrogens (tertiary/aromatic N) is 2. The molecule has 0 saturated heterocycles. The summed E-state index contributed by atoms with van der Waals surface area (Å²) in [6.45, 7) is -1.54. The highest BCUT2D eigenvalue weighted by Crippen LogP contribution is 2.21. The molecule has 0 saturated carbocycles. The van der Waals surface area contributed by atoms with Gasteiger partial charge in [0.1, 0.15) is 7.05 Å². The molecule has 0 bridgehead atoms. The van der Waals surface area contributed by atoms with Crippen LogP contribution in [0.3, 0.4) is 0 Å². The van der Waals surface area contributed by atoms with Gasteiger partial charge in [0, 0.05) is 33.1 Å². The van der Waals surface area contributed by atoms with Crippen molar-refractivity contribution < 1.29 is 14.2 Å². The molecule has 0 N–H and O–H groups in total. The predicted octanol–water partition coefficient (Wildman–Crippen LogP) is 3.31. The smallest absolute Gasteiger partial charge is 0.214 e. The topological polar surface area (TPSA) is 16.8 Å². The van der Waals surface area contributed by atoms with Gasteiger partial charge >= 0.3 is 0 Å². The fourth-order valence-corrected chi connectivity index (χ4v) is 1.93. The van der Waals surface area contributed by atoms with Crippen LogP contribution >= 0.6 is 0 Å². The number of aryl methyl sites for hydroxylation is 3. The number of hydrogen-bond acceptors (Lipinski definition) is 1. The Balaban J connectivity index is 2.50. The summed E-state index contributed by atoms with van der Waals surface area (Å²) >= 11 is 0. The molecule has 18 heavy (non-hydrogen) atoms. The number of pyridine rings is 2. The van der Waals surface area contributed by atoms with E-state index >= 15 is 0 Å². The SMILES string of the molecule is [2H]C([2H])([2H])c1cc(C)c(-c2ccc(C([2H])(C)C([2H])([2H])[2H])c[n+]2C)cn1. The molecular weight excluding hydrogens is 220 g/mol. The Bertz CT molecular complexity index is 792. The zero-order valence-electron chi connectivity index (χ0n) is 17.8. The molecule has 1 atom stereocenters. The number of hydrogen-bond donors (Lipinski definition) is 0. The van der Waals surface area contributed by atoms with Crippen molar-refractivity contribution in [1.82, 2.24) is 4.98 Å². The van der Waals surface area contributed by atoms with E-state index in [9.17, 15) is 0 Å². The fraction of sp³-hybridized carbons (Fsp3) is 0.375. The van der Waals surface area contributed by atoms with Gasteiger partial charge in [0.05, 0.1) is 5.56 Å². The highest BCUT2D eigenvalue weighted by Gasteiger charge is 2.14. The monoisotopic (exact) mass is 248 g/mol. The molecule has 2 heterocycles. The summed E-state index contributed by atoms with van der Waals surface area (Å²) in [5.41, 5.74) is 2.68. The predicted molar refractivity (Wildman–Crippen MR) is 74.4 cm³/mol. The van der Waals surface area contributed by atoms with Crippen molar-refractivity contribution in [3.05, 3.63) is 47.4 Å². The zero-order valence-corrected chi connectivity index (χ0v) is 10.8. The fourth-order valence-electron chi connectivity index (χ4n) is 1.93. The second kappa shape index (κ2) is 4.89. The lowest BCUT2D eigenvalue weighted by atomic mass is 10.0. The summed E-state index contributed by atoms with van der Waals surface area (Å²) in [7, 11) is 1.76. The Hall–Kier alpha value is -1.70. The van der Waals surface area contributed by atoms with Crippen molar-refractivity contribution in [1.29, 1.82) is 0 Å². The van der Waals surface area contributed by atoms with Crippen molar-refractivity contribution in [2.45, 2.75) is 33.4 Å². The van der Waals surface area contributed by atoms with Crippen LogP contribution in [0.4, 0.5) is 0 Å². The summed E-state index contributed by atoms with van der Waals surface area (Å²) in [4.78, 5) is 4.04. The third kappa shape index (κ3) is 2.42. The van der Waals surface area contributed by atoms with Gasteiger partial charge in [0.15, 0.2) is 6.20 Å². The maximum absolute atomic E-state index is 8.18. The van der Waals surface area contributed by atoms with E-state index in [1.54, 1.807) is 36.9 Å². The van der Waals surface area contributed by atoms with Gasteiger partial charge in [-0.1, -0.05) is 13.8 Å². The lowest BCUT2D eigenvalue weighted by Crippen LogP contribution is -2.31. The van der Waals surface area contributed by atoms with E-state index in [2.05, 4.69) is 4.98 Å². The van der Waals surface area contributed by atoms with E-state index in [1.807, 2.05) is 0 Å². The summed E-state index contributed by atoms with van der Waals surface area (Å²) < 4.78 is 54.9. The summed E-state index contributed by atoms with van der Waals surface area (Å²) in [6.07, 6.45) is 3.13. The van der Waals surface area contributed by atoms with E-state index in [-0.39, 0.29) is 5.69 Å². The molecule has 0 amide bonds. The van der Waals surface area contributed by atoms with Crippen LogP contribution in [0.1, 0.15) is 46.1 Å². The molecule has 0 aliphatic heterocycles. The molecule has 2 aromatic heterocycles. The Kier molecular flexibility index (Phi) is 1.75. The Labute approximate surface area is 119 Å². The summed E-state index contributed by atoms with van der Waals surface area (Å²) in [5.74, 6) is -1.72. The first kappa shape index (κ1) is 6.46. The minimum Gasteiger partial charge on any atom is -0.261 e. The van der Waals surface area contributed by atoms with Gasteiger partial charge in [-0.2, -0.15) is 0 Å². The van der Waals surface area contributed by atoms with E-state index < -0.39 is 19.6 Å². The van der Waals surface area contributed by atoms with Gasteiger partial charge in [-0.3, -0.25) is 4.98 Å². The molecule has 2 rings (SSSR count). The van der Waals surface area contributed by atoms with Crippen molar-refractivity contribution >= 4 is 0 Å². The molecule has 0 aliphatic carbocycles. The van der Waals surface area contributed by atoms with E-state index in [1.165, 1.54) is 19.2 Å². The second-order valence-electron chi connectivity index (χ2n) is 4.42. The van der Waals surface area contributed by atoms with Crippen molar-refractivity contribution in [2.24, 2.45) is 7.05 Å². The lowest BCUT2D eigenvalue weighted by Gasteiger charge is -2.07. The standard InChI is InChI=1S/C16H21N2/c1-11(2)14-6-7-16(18(5)10-14)15-9-17-13(4)8-12(15)3/h6-11H,1-5H3/q+1/i1D3,4D3,11D. The lowest BCUT2D eigenvalue weighted by molar-refractivity contribution is -0.660. The molecule has 94 valence electrons. The number of aromatic nitrogens is 2. The minimum absolute atomic E-state index is 0.0363. The van der Waals surface area contributed by atoms with Crippen LogP contribution in [0.15, 0.2) is 30.6 Å². The van der Waals surface area contributed by atoms with Crippen molar-refractivity contribution in [3.63, 3.8) is 0 Å². The molecule has 0 radical (unpaired) electrons. The van der Waals surface area contributed by atoms with Crippen LogP contribution in [0.2, 0.25) is 0 Å². The molecule has 0 spiro atoms. The number of rotatable bonds is 2. The summed E-state index contributed by atoms with van der Waals surface area (Å²) in [6, 6.07) is 4.88. The first-order valence-electron chi connectivity index (χ1n) is 9.23. The molecule has 1 unspecified atom stereocenters. The van der Waals surface area contributed by atoms with Gasteiger partial charge in [0.25, 0.3) is 0 Å². The van der Waals surface area contributed by atoms with Crippen LogP contribution in [-0.2, 0) is 7.05 Å². The van der Waals surface area contributed by atoms with Crippen LogP contribution in [0.25, 0.3) is 11.3 Å². The third-order valence-electron chi connectivity index (χ3n) is 2.95. The average Bonchev–Trinajstić information content (AvgIpc) is 2.45. The molecule has 0 fully saturated rings. The van der Waals surface area contributed by atoms with Gasteiger partial charge in [-0.25, -0.2) is 4.57 Å². The summed E-state index contributed by atoms with van der Waals surface area (Å²) in [5, 5.41) is 0. The first-order valence-corrected chi connectivity index (χ1v) is 5.73. The van der Waals surface area contributed by atoms with Crippen LogP contribution in [0, 0.1) is 13.8 Å². The van der Waals surface area contributed by atoms with Crippen molar-refractivity contribution in [2.75, 3.05) is 0 Å². The zero-order chi connectivity index (χ0) is 19.2. The Morgan fingerprint density at radius 3 is 2.89 bits per heavy atom. The van der Waals surface area contributed by atoms with Crippen LogP contribution in [0.5, 0.6) is 0 Å². The quantitative estimate of drug-likeness (QED) is 0.745. The highest BCUT2D eigenvalue weighted by molar-refractivity contribution is 5.59. The molecule has 0 aliphatic rings. The molecule has 2 heteroatoms. The normalized spacial score (nSPS) is 21.4. The largest absolute Gasteiger partial charge is 0.261 e. The van der Waals surface area contributed by atoms with Crippen molar-refractivity contribution in [3.8, 4) is 11.3 Å². The van der Waals surface area contributed by atoms with Gasteiger partial charge < -0.3 is 0 Å². The Morgan fingerprint density at radius 1 is 1.44 bits per heavy atom. The third-order valence-corrected chi connectivity index (χ3v) is 2.95. The van der Waals surface area contributed by atoms with E-state index in [0.717, 1.165) is 16.8 Å². The molecule has 2 nitrogen and oxygen atoms in total. The van der Waals surface area contributed by atoms with Crippen LogP contribution in [-0.4, -0.2) is 4.98 Å². The van der Waals surface area contributed by atoms with Gasteiger partial charge in [0.2, 0.25) is 5.69 Å². The van der Waals surface area contributed by atoms with Gasteiger partial charge in [-0.15, -0.1) is 0 Å². The van der Waals surface area contributed by atoms with E-state index in [4.69, 9.17) is 9.60 Å². The molecular formula is C16H21N2+. The van der Waals surface area contributed by atoms with Crippen LogP contribution < -0.4 is 4.57 Å². The Morgan fingerprint density at radius 2 is 2.28 bits per heavy atom.